The van der Waals surface area contributed by atoms with Crippen molar-refractivity contribution in [3.63, 3.8) is 0 Å². The van der Waals surface area contributed by atoms with E-state index in [1.54, 1.807) is 6.20 Å². The molecule has 1 aliphatic heterocycles. The Morgan fingerprint density at radius 3 is 2.85 bits per heavy atom. The first-order chi connectivity index (χ1) is 16.1. The normalized spacial score (nSPS) is 23.4. The molecule has 7 heteroatoms. The van der Waals surface area contributed by atoms with Crippen LogP contribution in [0.2, 0.25) is 0 Å². The molecule has 0 amide bonds. The lowest BCUT2D eigenvalue weighted by molar-refractivity contribution is -0.188. The largest absolute Gasteiger partial charge is 0.393 e. The molecule has 7 nitrogen and oxygen atoms in total. The maximum Gasteiger partial charge on any atom is 0.167 e. The van der Waals surface area contributed by atoms with Crippen LogP contribution in [-0.4, -0.2) is 38.8 Å². The third-order valence-electron chi connectivity index (χ3n) is 6.20. The second-order valence-corrected chi connectivity index (χ2v) is 8.84. The zero-order chi connectivity index (χ0) is 22.6. The van der Waals surface area contributed by atoms with E-state index in [2.05, 4.69) is 22.0 Å². The maximum absolute atomic E-state index is 9.37. The molecule has 1 saturated heterocycles. The van der Waals surface area contributed by atoms with Gasteiger partial charge in [0.2, 0.25) is 0 Å². The smallest absolute Gasteiger partial charge is 0.167 e. The summed E-state index contributed by atoms with van der Waals surface area (Å²) >= 11 is 0. The van der Waals surface area contributed by atoms with E-state index in [1.165, 1.54) is 0 Å². The molecule has 1 aliphatic carbocycles. The molecule has 5 rings (SSSR count). The van der Waals surface area contributed by atoms with Crippen LogP contribution in [0.5, 0.6) is 0 Å². The van der Waals surface area contributed by atoms with Gasteiger partial charge in [0.05, 0.1) is 12.6 Å². The number of nitrogens with zero attached hydrogens (tertiary/aromatic N) is 3. The van der Waals surface area contributed by atoms with Crippen LogP contribution in [0.3, 0.4) is 0 Å². The molecular weight excluding hydrogens is 418 g/mol. The molecule has 2 atom stereocenters. The lowest BCUT2D eigenvalue weighted by Crippen LogP contribution is -2.26. The highest BCUT2D eigenvalue weighted by Crippen LogP contribution is 2.27. The van der Waals surface area contributed by atoms with Crippen molar-refractivity contribution in [3.8, 4) is 23.2 Å². The van der Waals surface area contributed by atoms with E-state index in [1.807, 2.05) is 48.0 Å². The summed E-state index contributed by atoms with van der Waals surface area (Å²) in [6.07, 6.45) is 7.91. The van der Waals surface area contributed by atoms with Gasteiger partial charge in [-0.3, -0.25) is 0 Å². The standard InChI is InChI=1S/C26H29N3O4/c1-18(32-25-4-2-3-13-31-25)26-27-11-12-29(26)17-22-16-24(33-28-22)21-9-7-19(8-10-21)5-6-20-14-23(30)15-20/h7-12,16,18,20,23,25,30H,2-4,13-15,17H2,1H3/t18-,20?,23?,25-/m0/s1. The van der Waals surface area contributed by atoms with Gasteiger partial charge in [-0.2, -0.15) is 0 Å². The van der Waals surface area contributed by atoms with E-state index in [-0.39, 0.29) is 18.5 Å². The van der Waals surface area contributed by atoms with E-state index < -0.39 is 0 Å². The fraction of sp³-hybridized carbons (Fsp3) is 0.462. The lowest BCUT2D eigenvalue weighted by atomic mass is 9.83. The van der Waals surface area contributed by atoms with Crippen molar-refractivity contribution in [3.05, 3.63) is 59.8 Å². The molecular formula is C26H29N3O4. The van der Waals surface area contributed by atoms with E-state index in [0.29, 0.717) is 18.2 Å². The van der Waals surface area contributed by atoms with Crippen LogP contribution >= 0.6 is 0 Å². The van der Waals surface area contributed by atoms with Crippen molar-refractivity contribution in [2.45, 2.75) is 64.1 Å². The predicted molar refractivity (Wildman–Crippen MR) is 122 cm³/mol. The number of hydrogen-bond donors (Lipinski definition) is 1. The molecule has 0 radical (unpaired) electrons. The Morgan fingerprint density at radius 1 is 1.24 bits per heavy atom. The van der Waals surface area contributed by atoms with Crippen LogP contribution in [0, 0.1) is 17.8 Å². The van der Waals surface area contributed by atoms with Crippen LogP contribution in [0.15, 0.2) is 47.2 Å². The zero-order valence-electron chi connectivity index (χ0n) is 18.8. The summed E-state index contributed by atoms with van der Waals surface area (Å²) in [6, 6.07) is 9.91. The fourth-order valence-electron chi connectivity index (χ4n) is 4.23. The summed E-state index contributed by atoms with van der Waals surface area (Å²) in [5.41, 5.74) is 2.73. The van der Waals surface area contributed by atoms with E-state index in [9.17, 15) is 5.11 Å². The molecule has 172 valence electrons. The molecule has 3 aromatic rings. The van der Waals surface area contributed by atoms with Crippen LogP contribution in [0.4, 0.5) is 0 Å². The predicted octanol–water partition coefficient (Wildman–Crippen LogP) is 4.31. The van der Waals surface area contributed by atoms with Crippen molar-refractivity contribution in [2.75, 3.05) is 6.61 Å². The van der Waals surface area contributed by atoms with Gasteiger partial charge < -0.3 is 23.7 Å². The maximum atomic E-state index is 9.37. The number of rotatable bonds is 6. The Labute approximate surface area is 193 Å². The molecule has 2 aliphatic rings. The van der Waals surface area contributed by atoms with Crippen molar-refractivity contribution >= 4 is 0 Å². The quantitative estimate of drug-likeness (QED) is 0.567. The van der Waals surface area contributed by atoms with Gasteiger partial charge >= 0.3 is 0 Å². The number of aliphatic hydroxyl groups is 1. The van der Waals surface area contributed by atoms with Gasteiger partial charge in [0, 0.05) is 42.1 Å². The summed E-state index contributed by atoms with van der Waals surface area (Å²) in [7, 11) is 0. The van der Waals surface area contributed by atoms with Gasteiger partial charge in [0.15, 0.2) is 12.1 Å². The summed E-state index contributed by atoms with van der Waals surface area (Å²) < 4.78 is 19.4. The first kappa shape index (κ1) is 21.9. The SMILES string of the molecule is C[C@H](O[C@H]1CCCCO1)c1nccn1Cc1cc(-c2ccc(C#CC3CC(O)C3)cc2)on1. The van der Waals surface area contributed by atoms with E-state index in [0.717, 1.165) is 61.4 Å². The molecule has 2 fully saturated rings. The highest BCUT2D eigenvalue weighted by molar-refractivity contribution is 5.59. The minimum Gasteiger partial charge on any atom is -0.393 e. The fourth-order valence-corrected chi connectivity index (χ4v) is 4.23. The highest BCUT2D eigenvalue weighted by Gasteiger charge is 2.25. The van der Waals surface area contributed by atoms with Crippen molar-refractivity contribution in [1.82, 2.24) is 14.7 Å². The van der Waals surface area contributed by atoms with Gasteiger partial charge in [-0.05, 0) is 63.3 Å². The number of aromatic nitrogens is 3. The summed E-state index contributed by atoms with van der Waals surface area (Å²) in [6.45, 7) is 3.31. The van der Waals surface area contributed by atoms with Crippen LogP contribution < -0.4 is 0 Å². The van der Waals surface area contributed by atoms with Gasteiger partial charge in [-0.15, -0.1) is 0 Å². The first-order valence-corrected chi connectivity index (χ1v) is 11.7. The van der Waals surface area contributed by atoms with Gasteiger partial charge in [-0.25, -0.2) is 4.98 Å². The van der Waals surface area contributed by atoms with Crippen LogP contribution in [-0.2, 0) is 16.0 Å². The third kappa shape index (κ3) is 5.36. The molecule has 2 aromatic heterocycles. The highest BCUT2D eigenvalue weighted by atomic mass is 16.7. The van der Waals surface area contributed by atoms with Crippen molar-refractivity contribution < 1.29 is 19.1 Å². The van der Waals surface area contributed by atoms with Crippen LogP contribution in [0.1, 0.15) is 62.2 Å². The number of aliphatic hydroxyl groups excluding tert-OH is 1. The van der Waals surface area contributed by atoms with E-state index >= 15 is 0 Å². The molecule has 1 N–H and O–H groups in total. The molecule has 0 spiro atoms. The molecule has 33 heavy (non-hydrogen) atoms. The van der Waals surface area contributed by atoms with Gasteiger partial charge in [0.25, 0.3) is 0 Å². The average molecular weight is 448 g/mol. The molecule has 0 unspecified atom stereocenters. The summed E-state index contributed by atoms with van der Waals surface area (Å²) in [4.78, 5) is 4.49. The molecule has 3 heterocycles. The lowest BCUT2D eigenvalue weighted by Gasteiger charge is -2.26. The Hall–Kier alpha value is -2.92. The zero-order valence-corrected chi connectivity index (χ0v) is 18.8. The van der Waals surface area contributed by atoms with Gasteiger partial charge in [0.1, 0.15) is 17.6 Å². The number of benzene rings is 1. The minimum absolute atomic E-state index is 0.162. The number of ether oxygens (including phenoxy) is 2. The minimum atomic E-state index is -0.175. The Morgan fingerprint density at radius 2 is 2.09 bits per heavy atom. The third-order valence-corrected chi connectivity index (χ3v) is 6.20. The first-order valence-electron chi connectivity index (χ1n) is 11.7. The summed E-state index contributed by atoms with van der Waals surface area (Å²) in [5, 5.41) is 13.6. The Kier molecular flexibility index (Phi) is 6.58. The average Bonchev–Trinajstić information content (AvgIpc) is 3.47. The van der Waals surface area contributed by atoms with Crippen LogP contribution in [0.25, 0.3) is 11.3 Å². The second-order valence-electron chi connectivity index (χ2n) is 8.84. The van der Waals surface area contributed by atoms with Crippen molar-refractivity contribution in [1.29, 1.82) is 0 Å². The summed E-state index contributed by atoms with van der Waals surface area (Å²) in [5.74, 6) is 8.28. The second kappa shape index (κ2) is 9.92. The van der Waals surface area contributed by atoms with Gasteiger partial charge in [-0.1, -0.05) is 17.0 Å². The molecule has 1 aromatic carbocycles. The molecule has 1 saturated carbocycles. The number of imidazole rings is 1. The topological polar surface area (TPSA) is 82.5 Å². The van der Waals surface area contributed by atoms with E-state index in [4.69, 9.17) is 14.0 Å². The Bertz CT molecular complexity index is 1110. The number of hydrogen-bond acceptors (Lipinski definition) is 6. The molecule has 0 bridgehead atoms. The monoisotopic (exact) mass is 447 g/mol. The van der Waals surface area contributed by atoms with Crippen molar-refractivity contribution in [2.24, 2.45) is 5.92 Å². The Balaban J connectivity index is 1.21.